The van der Waals surface area contributed by atoms with Crippen LogP contribution in [0.3, 0.4) is 0 Å². The van der Waals surface area contributed by atoms with Crippen molar-refractivity contribution >= 4 is 40.8 Å². The molecule has 0 bridgehead atoms. The Morgan fingerprint density at radius 3 is 2.07 bits per heavy atom. The van der Waals surface area contributed by atoms with Crippen LogP contribution >= 0.6 is 23.2 Å². The summed E-state index contributed by atoms with van der Waals surface area (Å²) in [5.41, 5.74) is 1.24. The summed E-state index contributed by atoms with van der Waals surface area (Å²) in [4.78, 5) is 42.6. The monoisotopic (exact) mass is 597 g/mol. The SMILES string of the molecule is O=C1c2ccccc2C(=O)N1C1CCN(c2cnc(-c3ccc(C(F)(F)F)cn3)c(-c3ccc(Cl)cc3Cl)n2)CC1. The molecule has 2 amide bonds. The summed E-state index contributed by atoms with van der Waals surface area (Å²) in [7, 11) is 0. The fourth-order valence-electron chi connectivity index (χ4n) is 5.18. The lowest BCUT2D eigenvalue weighted by Crippen LogP contribution is -2.47. The van der Waals surface area contributed by atoms with Crippen molar-refractivity contribution < 1.29 is 22.8 Å². The highest BCUT2D eigenvalue weighted by Crippen LogP contribution is 2.37. The van der Waals surface area contributed by atoms with Crippen molar-refractivity contribution in [3.05, 3.63) is 93.7 Å². The number of benzene rings is 2. The van der Waals surface area contributed by atoms with Crippen LogP contribution in [0.1, 0.15) is 39.1 Å². The van der Waals surface area contributed by atoms with Crippen LogP contribution in [0.15, 0.2) is 67.0 Å². The van der Waals surface area contributed by atoms with Crippen LogP contribution in [0.5, 0.6) is 0 Å². The Morgan fingerprint density at radius 1 is 0.805 bits per heavy atom. The number of aromatic nitrogens is 3. The summed E-state index contributed by atoms with van der Waals surface area (Å²) in [6.07, 6.45) is -1.17. The Balaban J connectivity index is 1.29. The predicted octanol–water partition coefficient (Wildman–Crippen LogP) is 6.80. The molecule has 1 saturated heterocycles. The molecule has 2 aromatic heterocycles. The minimum absolute atomic E-state index is 0.197. The normalized spacial score (nSPS) is 15.9. The molecule has 4 heterocycles. The van der Waals surface area contributed by atoms with Gasteiger partial charge in [0.1, 0.15) is 17.2 Å². The van der Waals surface area contributed by atoms with Crippen molar-refractivity contribution in [3.8, 4) is 22.6 Å². The first-order chi connectivity index (χ1) is 19.6. The molecule has 1 fully saturated rings. The number of alkyl halides is 3. The number of fused-ring (bicyclic) bond motifs is 1. The van der Waals surface area contributed by atoms with E-state index in [1.807, 2.05) is 4.90 Å². The van der Waals surface area contributed by atoms with Crippen molar-refractivity contribution in [3.63, 3.8) is 0 Å². The molecule has 0 aliphatic carbocycles. The molecule has 208 valence electrons. The molecule has 41 heavy (non-hydrogen) atoms. The maximum absolute atomic E-state index is 13.1. The maximum atomic E-state index is 13.1. The molecule has 0 atom stereocenters. The highest BCUT2D eigenvalue weighted by atomic mass is 35.5. The first kappa shape index (κ1) is 27.2. The van der Waals surface area contributed by atoms with Gasteiger partial charge in [-0.3, -0.25) is 19.5 Å². The molecule has 0 spiro atoms. The molecule has 4 aromatic rings. The van der Waals surface area contributed by atoms with E-state index in [0.29, 0.717) is 64.2 Å². The lowest BCUT2D eigenvalue weighted by molar-refractivity contribution is -0.137. The standard InChI is InChI=1S/C29H20Cl2F3N5O2/c30-17-6-7-21(22(31)13-17)25-26(23-8-5-16(14-35-23)29(32,33)34)36-15-24(37-25)38-11-9-18(10-12-38)39-27(40)19-3-1-2-4-20(19)28(39)41/h1-8,13-15,18H,9-12H2. The molecule has 2 aromatic carbocycles. The van der Waals surface area contributed by atoms with Crippen LogP contribution in [-0.2, 0) is 6.18 Å². The zero-order valence-electron chi connectivity index (χ0n) is 21.2. The van der Waals surface area contributed by atoms with E-state index < -0.39 is 11.7 Å². The van der Waals surface area contributed by atoms with Gasteiger partial charge in [0.2, 0.25) is 0 Å². The second kappa shape index (κ2) is 10.4. The van der Waals surface area contributed by atoms with Crippen LogP contribution in [-0.4, -0.2) is 50.8 Å². The van der Waals surface area contributed by atoms with Gasteiger partial charge in [-0.05, 0) is 55.3 Å². The van der Waals surface area contributed by atoms with Crippen molar-refractivity contribution in [2.75, 3.05) is 18.0 Å². The van der Waals surface area contributed by atoms with Crippen LogP contribution < -0.4 is 4.90 Å². The number of hydrogen-bond donors (Lipinski definition) is 0. The van der Waals surface area contributed by atoms with E-state index in [9.17, 15) is 22.8 Å². The number of hydrogen-bond acceptors (Lipinski definition) is 6. The number of rotatable bonds is 4. The van der Waals surface area contributed by atoms with Gasteiger partial charge >= 0.3 is 6.18 Å². The molecule has 6 rings (SSSR count). The first-order valence-electron chi connectivity index (χ1n) is 12.7. The van der Waals surface area contributed by atoms with Gasteiger partial charge in [0.15, 0.2) is 0 Å². The molecule has 7 nitrogen and oxygen atoms in total. The number of anilines is 1. The second-order valence-corrected chi connectivity index (χ2v) is 10.6. The molecule has 2 aliphatic rings. The number of amides is 2. The number of carbonyl (C=O) groups excluding carboxylic acids is 2. The Labute approximate surface area is 242 Å². The van der Waals surface area contributed by atoms with E-state index in [1.54, 1.807) is 42.5 Å². The lowest BCUT2D eigenvalue weighted by Gasteiger charge is -2.36. The zero-order chi connectivity index (χ0) is 28.9. The van der Waals surface area contributed by atoms with Gasteiger partial charge in [0.05, 0.1) is 33.6 Å². The van der Waals surface area contributed by atoms with Gasteiger partial charge in [-0.2, -0.15) is 13.2 Å². The summed E-state index contributed by atoms with van der Waals surface area (Å²) in [5, 5.41) is 0.703. The van der Waals surface area contributed by atoms with Crippen molar-refractivity contribution in [1.82, 2.24) is 19.9 Å². The van der Waals surface area contributed by atoms with E-state index in [4.69, 9.17) is 28.2 Å². The molecule has 0 N–H and O–H groups in total. The van der Waals surface area contributed by atoms with E-state index in [2.05, 4.69) is 9.97 Å². The van der Waals surface area contributed by atoms with Crippen molar-refractivity contribution in [2.45, 2.75) is 25.1 Å². The van der Waals surface area contributed by atoms with Gasteiger partial charge in [0, 0.05) is 35.9 Å². The number of piperidine rings is 1. The van der Waals surface area contributed by atoms with Crippen LogP contribution in [0.25, 0.3) is 22.6 Å². The zero-order valence-corrected chi connectivity index (χ0v) is 22.7. The maximum Gasteiger partial charge on any atom is 0.417 e. The minimum Gasteiger partial charge on any atom is -0.355 e. The third-order valence-corrected chi connectivity index (χ3v) is 7.81. The van der Waals surface area contributed by atoms with Gasteiger partial charge in [0.25, 0.3) is 11.8 Å². The Bertz CT molecular complexity index is 1640. The van der Waals surface area contributed by atoms with Gasteiger partial charge in [-0.25, -0.2) is 9.97 Å². The number of halogens is 5. The molecular formula is C29H20Cl2F3N5O2. The van der Waals surface area contributed by atoms with Crippen LogP contribution in [0, 0.1) is 0 Å². The van der Waals surface area contributed by atoms with Crippen LogP contribution in [0.4, 0.5) is 19.0 Å². The average molecular weight is 598 g/mol. The van der Waals surface area contributed by atoms with Crippen molar-refractivity contribution in [1.29, 1.82) is 0 Å². The summed E-state index contributed by atoms with van der Waals surface area (Å²) in [6, 6.07) is 13.6. The fourth-order valence-corrected chi connectivity index (χ4v) is 5.68. The van der Waals surface area contributed by atoms with E-state index in [-0.39, 0.29) is 29.2 Å². The molecule has 0 saturated carbocycles. The number of carbonyl (C=O) groups is 2. The summed E-state index contributed by atoms with van der Waals surface area (Å²) >= 11 is 12.6. The topological polar surface area (TPSA) is 79.3 Å². The van der Waals surface area contributed by atoms with Crippen LogP contribution in [0.2, 0.25) is 10.0 Å². The van der Waals surface area contributed by atoms with E-state index in [1.165, 1.54) is 17.2 Å². The highest BCUT2D eigenvalue weighted by Gasteiger charge is 2.41. The third-order valence-electron chi connectivity index (χ3n) is 7.26. The molecule has 0 radical (unpaired) electrons. The van der Waals surface area contributed by atoms with Gasteiger partial charge in [-0.15, -0.1) is 0 Å². The van der Waals surface area contributed by atoms with Crippen molar-refractivity contribution in [2.24, 2.45) is 0 Å². The first-order valence-corrected chi connectivity index (χ1v) is 13.5. The predicted molar refractivity (Wildman–Crippen MR) is 148 cm³/mol. The van der Waals surface area contributed by atoms with E-state index in [0.717, 1.165) is 12.3 Å². The average Bonchev–Trinajstić information content (AvgIpc) is 3.22. The smallest absolute Gasteiger partial charge is 0.355 e. The Morgan fingerprint density at radius 2 is 1.49 bits per heavy atom. The molecule has 0 unspecified atom stereocenters. The van der Waals surface area contributed by atoms with Gasteiger partial charge in [-0.1, -0.05) is 35.3 Å². The van der Waals surface area contributed by atoms with Gasteiger partial charge < -0.3 is 4.90 Å². The third kappa shape index (κ3) is 5.02. The number of imide groups is 1. The summed E-state index contributed by atoms with van der Waals surface area (Å²) in [6.45, 7) is 0.997. The quantitative estimate of drug-likeness (QED) is 0.241. The largest absolute Gasteiger partial charge is 0.417 e. The Hall–Kier alpha value is -4.02. The molecular weight excluding hydrogens is 578 g/mol. The fraction of sp³-hybridized carbons (Fsp3) is 0.207. The minimum atomic E-state index is -4.53. The molecule has 12 heteroatoms. The summed E-state index contributed by atoms with van der Waals surface area (Å²) < 4.78 is 39.3. The van der Waals surface area contributed by atoms with E-state index >= 15 is 0 Å². The summed E-state index contributed by atoms with van der Waals surface area (Å²) in [5.74, 6) is -0.0451. The number of pyridine rings is 1. The highest BCUT2D eigenvalue weighted by molar-refractivity contribution is 6.36. The second-order valence-electron chi connectivity index (χ2n) is 9.72. The lowest BCUT2D eigenvalue weighted by atomic mass is 10.0. The molecule has 2 aliphatic heterocycles. The number of nitrogens with zero attached hydrogens (tertiary/aromatic N) is 5. The Kier molecular flexibility index (Phi) is 6.91.